The van der Waals surface area contributed by atoms with Gasteiger partial charge in [0.25, 0.3) is 0 Å². The van der Waals surface area contributed by atoms with Gasteiger partial charge < -0.3 is 9.63 Å². The van der Waals surface area contributed by atoms with Crippen molar-refractivity contribution in [2.45, 2.75) is 46.8 Å². The van der Waals surface area contributed by atoms with Crippen LogP contribution in [0.2, 0.25) is 0 Å². The predicted molar refractivity (Wildman–Crippen MR) is 91.0 cm³/mol. The zero-order valence-electron chi connectivity index (χ0n) is 14.5. The monoisotopic (exact) mass is 327 g/mol. The van der Waals surface area contributed by atoms with E-state index in [0.717, 1.165) is 33.5 Å². The lowest BCUT2D eigenvalue weighted by Crippen LogP contribution is -2.26. The molecule has 24 heavy (non-hydrogen) atoms. The van der Waals surface area contributed by atoms with Gasteiger partial charge in [-0.05, 0) is 45.4 Å². The van der Waals surface area contributed by atoms with Crippen LogP contribution >= 0.6 is 0 Å². The lowest BCUT2D eigenvalue weighted by Gasteiger charge is -2.17. The van der Waals surface area contributed by atoms with Crippen molar-refractivity contribution in [3.05, 3.63) is 35.3 Å². The first-order chi connectivity index (χ1) is 11.2. The Kier molecular flexibility index (Phi) is 3.80. The molecule has 0 radical (unpaired) electrons. The summed E-state index contributed by atoms with van der Waals surface area (Å²) in [5, 5.41) is 19.3. The molecule has 0 saturated carbocycles. The topological polar surface area (TPSA) is 81.2 Å². The zero-order chi connectivity index (χ0) is 17.6. The lowest BCUT2D eigenvalue weighted by atomic mass is 10.0. The van der Waals surface area contributed by atoms with Crippen LogP contribution in [-0.2, 0) is 6.54 Å². The summed E-state index contributed by atoms with van der Waals surface area (Å²) in [6.07, 6.45) is 0. The summed E-state index contributed by atoms with van der Waals surface area (Å²) >= 11 is 0. The Balaban J connectivity index is 2.24. The number of carbonyl (C=O) groups is 1. The van der Waals surface area contributed by atoms with E-state index in [4.69, 9.17) is 4.52 Å². The molecule has 126 valence electrons. The van der Waals surface area contributed by atoms with Crippen molar-refractivity contribution in [1.82, 2.24) is 14.9 Å². The molecule has 0 amide bonds. The highest BCUT2D eigenvalue weighted by Gasteiger charge is 2.21. The van der Waals surface area contributed by atoms with Crippen LogP contribution < -0.4 is 0 Å². The Labute approximate surface area is 140 Å². The van der Waals surface area contributed by atoms with Crippen molar-refractivity contribution in [3.63, 3.8) is 0 Å². The van der Waals surface area contributed by atoms with Gasteiger partial charge in [0.2, 0.25) is 0 Å². The number of aryl methyl sites for hydroxylation is 2. The van der Waals surface area contributed by atoms with Gasteiger partial charge in [0.15, 0.2) is 5.78 Å². The highest BCUT2D eigenvalue weighted by atomic mass is 16.5. The number of Topliss-reactive ketones (excluding diaryl/α,β-unsaturated/α-hetero) is 1. The molecule has 1 N–H and O–H groups in total. The van der Waals surface area contributed by atoms with E-state index in [1.807, 2.05) is 32.0 Å². The van der Waals surface area contributed by atoms with Gasteiger partial charge in [0, 0.05) is 17.9 Å². The van der Waals surface area contributed by atoms with E-state index in [0.29, 0.717) is 12.2 Å². The molecule has 1 aromatic carbocycles. The second-order valence-corrected chi connectivity index (χ2v) is 6.81. The maximum Gasteiger partial charge on any atom is 0.180 e. The first kappa shape index (κ1) is 16.4. The Hall–Kier alpha value is -2.47. The number of carbonyl (C=O) groups excluding carboxylic acids is 1. The largest absolute Gasteiger partial charge is 0.389 e. The van der Waals surface area contributed by atoms with Gasteiger partial charge in [-0.1, -0.05) is 11.2 Å². The predicted octanol–water partition coefficient (Wildman–Crippen LogP) is 3.28. The van der Waals surface area contributed by atoms with E-state index < -0.39 is 5.60 Å². The van der Waals surface area contributed by atoms with Gasteiger partial charge in [-0.2, -0.15) is 5.10 Å². The maximum atomic E-state index is 11.9. The highest BCUT2D eigenvalue weighted by Crippen LogP contribution is 2.31. The first-order valence-electron chi connectivity index (χ1n) is 7.84. The Bertz CT molecular complexity index is 910. The number of benzene rings is 1. The normalized spacial score (nSPS) is 12.1. The summed E-state index contributed by atoms with van der Waals surface area (Å²) < 4.78 is 6.94. The number of nitrogens with zero attached hydrogens (tertiary/aromatic N) is 3. The van der Waals surface area contributed by atoms with Crippen LogP contribution in [0.3, 0.4) is 0 Å². The average molecular weight is 327 g/mol. The smallest absolute Gasteiger partial charge is 0.180 e. The SMILES string of the molecule is CC(=O)c1nn(CC(C)(C)O)c2cc(-c3c(C)noc3C)ccc12. The third-order valence-electron chi connectivity index (χ3n) is 3.94. The number of aliphatic hydroxyl groups is 1. The minimum Gasteiger partial charge on any atom is -0.389 e. The Morgan fingerprint density at radius 3 is 2.58 bits per heavy atom. The maximum absolute atomic E-state index is 11.9. The van der Waals surface area contributed by atoms with Gasteiger partial charge in [-0.3, -0.25) is 9.48 Å². The van der Waals surface area contributed by atoms with Gasteiger partial charge in [0.1, 0.15) is 11.5 Å². The molecule has 3 rings (SSSR count). The standard InChI is InChI=1S/C18H21N3O3/c1-10-16(12(3)24-20-10)13-6-7-14-15(8-13)21(9-18(4,5)23)19-17(14)11(2)22/h6-8,23H,9H2,1-5H3. The van der Waals surface area contributed by atoms with E-state index in [9.17, 15) is 9.90 Å². The molecule has 0 fully saturated rings. The fourth-order valence-corrected chi connectivity index (χ4v) is 2.97. The third-order valence-corrected chi connectivity index (χ3v) is 3.94. The zero-order valence-corrected chi connectivity index (χ0v) is 14.5. The van der Waals surface area contributed by atoms with E-state index in [1.54, 1.807) is 18.5 Å². The summed E-state index contributed by atoms with van der Waals surface area (Å²) in [5.41, 5.74) is 2.99. The molecule has 2 heterocycles. The van der Waals surface area contributed by atoms with Crippen molar-refractivity contribution in [3.8, 4) is 11.1 Å². The number of hydrogen-bond acceptors (Lipinski definition) is 5. The van der Waals surface area contributed by atoms with Crippen LogP contribution in [0.15, 0.2) is 22.7 Å². The number of hydrogen-bond donors (Lipinski definition) is 1. The molecule has 0 unspecified atom stereocenters. The van der Waals surface area contributed by atoms with Crippen LogP contribution in [0, 0.1) is 13.8 Å². The molecule has 3 aromatic rings. The molecule has 0 bridgehead atoms. The molecule has 0 atom stereocenters. The molecule has 6 nitrogen and oxygen atoms in total. The minimum absolute atomic E-state index is 0.0976. The Morgan fingerprint density at radius 1 is 1.33 bits per heavy atom. The molecule has 0 spiro atoms. The molecule has 2 aromatic heterocycles. The summed E-state index contributed by atoms with van der Waals surface area (Å²) in [4.78, 5) is 11.9. The second kappa shape index (κ2) is 5.56. The average Bonchev–Trinajstić information content (AvgIpc) is 2.98. The molecular weight excluding hydrogens is 306 g/mol. The van der Waals surface area contributed by atoms with Crippen LogP contribution in [0.1, 0.15) is 42.7 Å². The quantitative estimate of drug-likeness (QED) is 0.744. The van der Waals surface area contributed by atoms with Crippen molar-refractivity contribution in [1.29, 1.82) is 0 Å². The second-order valence-electron chi connectivity index (χ2n) is 6.81. The van der Waals surface area contributed by atoms with Gasteiger partial charge in [0.05, 0.1) is 23.4 Å². The molecule has 0 saturated heterocycles. The van der Waals surface area contributed by atoms with Crippen LogP contribution in [0.4, 0.5) is 0 Å². The summed E-state index contributed by atoms with van der Waals surface area (Å²) in [6, 6.07) is 5.80. The molecule has 0 aliphatic carbocycles. The van der Waals surface area contributed by atoms with Crippen molar-refractivity contribution in [2.75, 3.05) is 0 Å². The van der Waals surface area contributed by atoms with Gasteiger partial charge in [-0.25, -0.2) is 0 Å². The fourth-order valence-electron chi connectivity index (χ4n) is 2.97. The minimum atomic E-state index is -0.938. The van der Waals surface area contributed by atoms with Gasteiger partial charge >= 0.3 is 0 Å². The molecule has 0 aliphatic rings. The first-order valence-corrected chi connectivity index (χ1v) is 7.84. The van der Waals surface area contributed by atoms with Crippen molar-refractivity contribution < 1.29 is 14.4 Å². The van der Waals surface area contributed by atoms with Crippen LogP contribution in [0.25, 0.3) is 22.0 Å². The Morgan fingerprint density at radius 2 is 2.04 bits per heavy atom. The fraction of sp³-hybridized carbons (Fsp3) is 0.389. The molecular formula is C18H21N3O3. The van der Waals surface area contributed by atoms with E-state index in [-0.39, 0.29) is 5.78 Å². The van der Waals surface area contributed by atoms with Crippen molar-refractivity contribution in [2.24, 2.45) is 0 Å². The number of aromatic nitrogens is 3. The van der Waals surface area contributed by atoms with E-state index in [2.05, 4.69) is 10.3 Å². The number of ketones is 1. The van der Waals surface area contributed by atoms with Crippen LogP contribution in [0.5, 0.6) is 0 Å². The van der Waals surface area contributed by atoms with Crippen molar-refractivity contribution >= 4 is 16.7 Å². The third kappa shape index (κ3) is 2.85. The van der Waals surface area contributed by atoms with E-state index >= 15 is 0 Å². The summed E-state index contributed by atoms with van der Waals surface area (Å²) in [6.45, 7) is 8.98. The molecule has 6 heteroatoms. The van der Waals surface area contributed by atoms with E-state index in [1.165, 1.54) is 6.92 Å². The molecule has 0 aliphatic heterocycles. The number of fused-ring (bicyclic) bond motifs is 1. The van der Waals surface area contributed by atoms with Crippen LogP contribution in [-0.4, -0.2) is 31.4 Å². The summed E-state index contributed by atoms with van der Waals surface area (Å²) in [5.74, 6) is 0.645. The van der Waals surface area contributed by atoms with Gasteiger partial charge in [-0.15, -0.1) is 0 Å². The summed E-state index contributed by atoms with van der Waals surface area (Å²) in [7, 11) is 0. The highest BCUT2D eigenvalue weighted by molar-refractivity contribution is 6.05. The number of rotatable bonds is 4. The lowest BCUT2D eigenvalue weighted by molar-refractivity contribution is 0.0588.